The smallest absolute Gasteiger partial charge is 0.238 e. The molecule has 1 saturated carbocycles. The van der Waals surface area contributed by atoms with Crippen LogP contribution < -0.4 is 5.32 Å². The van der Waals surface area contributed by atoms with E-state index in [1.54, 1.807) is 11.3 Å². The molecule has 0 spiro atoms. The fourth-order valence-corrected chi connectivity index (χ4v) is 3.38. The van der Waals surface area contributed by atoms with Crippen LogP contribution in [0.3, 0.4) is 0 Å². The fourth-order valence-electron chi connectivity index (χ4n) is 2.57. The first-order valence-electron chi connectivity index (χ1n) is 6.32. The molecule has 1 amide bonds. The molecular formula is C13H18N2OS. The minimum Gasteiger partial charge on any atom is -0.321 e. The van der Waals surface area contributed by atoms with Crippen molar-refractivity contribution in [3.8, 4) is 0 Å². The Labute approximate surface area is 106 Å². The third-order valence-corrected chi connectivity index (χ3v) is 4.73. The van der Waals surface area contributed by atoms with Crippen LogP contribution in [0.15, 0.2) is 17.5 Å². The van der Waals surface area contributed by atoms with Gasteiger partial charge in [-0.2, -0.15) is 0 Å². The van der Waals surface area contributed by atoms with Crippen LogP contribution in [0.5, 0.6) is 0 Å². The summed E-state index contributed by atoms with van der Waals surface area (Å²) in [6, 6.07) is 4.16. The average molecular weight is 250 g/mol. The van der Waals surface area contributed by atoms with Gasteiger partial charge in [0.25, 0.3) is 0 Å². The molecule has 1 aliphatic carbocycles. The quantitative estimate of drug-likeness (QED) is 0.888. The highest BCUT2D eigenvalue weighted by Crippen LogP contribution is 2.38. The number of nitrogens with zero attached hydrogens (tertiary/aromatic N) is 1. The molecule has 92 valence electrons. The van der Waals surface area contributed by atoms with Gasteiger partial charge in [0.05, 0.1) is 6.54 Å². The highest BCUT2D eigenvalue weighted by atomic mass is 32.1. The molecule has 2 atom stereocenters. The summed E-state index contributed by atoms with van der Waals surface area (Å²) in [5, 5.41) is 5.38. The molecule has 2 unspecified atom stereocenters. The molecule has 17 heavy (non-hydrogen) atoms. The molecule has 2 heterocycles. The van der Waals surface area contributed by atoms with E-state index in [-0.39, 0.29) is 12.1 Å². The normalized spacial score (nSPS) is 26.5. The Morgan fingerprint density at radius 3 is 3.06 bits per heavy atom. The van der Waals surface area contributed by atoms with Gasteiger partial charge in [-0.15, -0.1) is 11.3 Å². The highest BCUT2D eigenvalue weighted by Gasteiger charge is 2.36. The van der Waals surface area contributed by atoms with Crippen molar-refractivity contribution in [3.05, 3.63) is 22.4 Å². The zero-order valence-electron chi connectivity index (χ0n) is 10.1. The van der Waals surface area contributed by atoms with Gasteiger partial charge in [0.2, 0.25) is 5.91 Å². The van der Waals surface area contributed by atoms with Crippen LogP contribution in [0, 0.1) is 11.8 Å². The summed E-state index contributed by atoms with van der Waals surface area (Å²) in [4.78, 5) is 15.2. The van der Waals surface area contributed by atoms with Gasteiger partial charge in [0.15, 0.2) is 0 Å². The average Bonchev–Trinajstić information content (AvgIpc) is 2.93. The number of hydrogen-bond donors (Lipinski definition) is 1. The molecule has 1 saturated heterocycles. The van der Waals surface area contributed by atoms with E-state index < -0.39 is 0 Å². The van der Waals surface area contributed by atoms with Gasteiger partial charge in [0, 0.05) is 11.4 Å². The lowest BCUT2D eigenvalue weighted by atomic mass is 10.1. The van der Waals surface area contributed by atoms with E-state index >= 15 is 0 Å². The number of thiophene rings is 1. The standard InChI is InChI=1S/C13H18N2OS/c1-9(10-4-5-10)8-15-12(16)7-14-13(15)11-3-2-6-17-11/h2-3,6,9-10,13-14H,4-5,7-8H2,1H3. The van der Waals surface area contributed by atoms with Crippen LogP contribution in [0.2, 0.25) is 0 Å². The van der Waals surface area contributed by atoms with Crippen LogP contribution in [0.4, 0.5) is 0 Å². The molecule has 1 N–H and O–H groups in total. The van der Waals surface area contributed by atoms with E-state index in [2.05, 4.69) is 23.7 Å². The number of rotatable bonds is 4. The van der Waals surface area contributed by atoms with Gasteiger partial charge in [0.1, 0.15) is 6.17 Å². The number of hydrogen-bond acceptors (Lipinski definition) is 3. The number of carbonyl (C=O) groups excluding carboxylic acids is 1. The second-order valence-corrected chi connectivity index (χ2v) is 6.14. The number of nitrogens with one attached hydrogen (secondary N) is 1. The topological polar surface area (TPSA) is 32.3 Å². The molecule has 2 fully saturated rings. The summed E-state index contributed by atoms with van der Waals surface area (Å²) in [5.74, 6) is 1.74. The molecule has 3 rings (SSSR count). The molecule has 0 aromatic carbocycles. The summed E-state index contributed by atoms with van der Waals surface area (Å²) in [6.45, 7) is 3.66. The maximum atomic E-state index is 11.9. The van der Waals surface area contributed by atoms with Crippen molar-refractivity contribution in [1.29, 1.82) is 0 Å². The SMILES string of the molecule is CC(CN1C(=O)CNC1c1cccs1)C1CC1. The molecular weight excluding hydrogens is 232 g/mol. The lowest BCUT2D eigenvalue weighted by molar-refractivity contribution is -0.128. The van der Waals surface area contributed by atoms with E-state index in [0.717, 1.165) is 12.5 Å². The van der Waals surface area contributed by atoms with Crippen molar-refractivity contribution in [3.63, 3.8) is 0 Å². The zero-order chi connectivity index (χ0) is 11.8. The van der Waals surface area contributed by atoms with Crippen molar-refractivity contribution in [2.75, 3.05) is 13.1 Å². The monoisotopic (exact) mass is 250 g/mol. The minimum absolute atomic E-state index is 0.115. The Kier molecular flexibility index (Phi) is 2.92. The van der Waals surface area contributed by atoms with E-state index in [1.165, 1.54) is 17.7 Å². The summed E-state index contributed by atoms with van der Waals surface area (Å²) in [6.07, 6.45) is 2.81. The molecule has 1 aromatic rings. The van der Waals surface area contributed by atoms with Gasteiger partial charge in [-0.1, -0.05) is 13.0 Å². The van der Waals surface area contributed by atoms with Gasteiger partial charge >= 0.3 is 0 Å². The van der Waals surface area contributed by atoms with Crippen LogP contribution in [0.25, 0.3) is 0 Å². The minimum atomic E-state index is 0.115. The predicted octanol–water partition coefficient (Wildman–Crippen LogP) is 2.22. The van der Waals surface area contributed by atoms with Crippen LogP contribution >= 0.6 is 11.3 Å². The predicted molar refractivity (Wildman–Crippen MR) is 68.7 cm³/mol. The van der Waals surface area contributed by atoms with Crippen molar-refractivity contribution in [2.45, 2.75) is 25.9 Å². The first-order valence-corrected chi connectivity index (χ1v) is 7.20. The maximum Gasteiger partial charge on any atom is 0.238 e. The second kappa shape index (κ2) is 4.42. The van der Waals surface area contributed by atoms with Gasteiger partial charge in [-0.3, -0.25) is 10.1 Å². The Morgan fingerprint density at radius 1 is 1.59 bits per heavy atom. The molecule has 1 aliphatic heterocycles. The molecule has 4 heteroatoms. The van der Waals surface area contributed by atoms with Gasteiger partial charge < -0.3 is 4.90 Å². The van der Waals surface area contributed by atoms with Gasteiger partial charge in [-0.25, -0.2) is 0 Å². The Bertz CT molecular complexity index is 400. The van der Waals surface area contributed by atoms with Gasteiger partial charge in [-0.05, 0) is 36.1 Å². The summed E-state index contributed by atoms with van der Waals surface area (Å²) in [7, 11) is 0. The fraction of sp³-hybridized carbons (Fsp3) is 0.615. The Morgan fingerprint density at radius 2 is 2.41 bits per heavy atom. The Balaban J connectivity index is 1.72. The molecule has 2 aliphatic rings. The van der Waals surface area contributed by atoms with Crippen LogP contribution in [0.1, 0.15) is 30.8 Å². The third kappa shape index (κ3) is 2.24. The van der Waals surface area contributed by atoms with Crippen LogP contribution in [-0.2, 0) is 4.79 Å². The largest absolute Gasteiger partial charge is 0.321 e. The van der Waals surface area contributed by atoms with E-state index in [4.69, 9.17) is 0 Å². The van der Waals surface area contributed by atoms with E-state index in [1.807, 2.05) is 11.0 Å². The molecule has 0 bridgehead atoms. The van der Waals surface area contributed by atoms with Crippen LogP contribution in [-0.4, -0.2) is 23.9 Å². The lowest BCUT2D eigenvalue weighted by Gasteiger charge is -2.26. The van der Waals surface area contributed by atoms with Crippen molar-refractivity contribution in [2.24, 2.45) is 11.8 Å². The highest BCUT2D eigenvalue weighted by molar-refractivity contribution is 7.10. The Hall–Kier alpha value is -0.870. The second-order valence-electron chi connectivity index (χ2n) is 5.16. The third-order valence-electron chi connectivity index (χ3n) is 3.80. The zero-order valence-corrected chi connectivity index (χ0v) is 10.9. The van der Waals surface area contributed by atoms with E-state index in [9.17, 15) is 4.79 Å². The summed E-state index contributed by atoms with van der Waals surface area (Å²) < 4.78 is 0. The molecule has 3 nitrogen and oxygen atoms in total. The molecule has 1 aromatic heterocycles. The first-order chi connectivity index (χ1) is 8.25. The van der Waals surface area contributed by atoms with E-state index in [0.29, 0.717) is 12.5 Å². The van der Waals surface area contributed by atoms with Crippen molar-refractivity contribution < 1.29 is 4.79 Å². The first kappa shape index (κ1) is 11.2. The van der Waals surface area contributed by atoms with Crippen molar-refractivity contribution in [1.82, 2.24) is 10.2 Å². The number of amides is 1. The summed E-state index contributed by atoms with van der Waals surface area (Å²) >= 11 is 1.72. The molecule has 0 radical (unpaired) electrons. The number of carbonyl (C=O) groups is 1. The van der Waals surface area contributed by atoms with Crippen molar-refractivity contribution >= 4 is 17.2 Å². The summed E-state index contributed by atoms with van der Waals surface area (Å²) in [5.41, 5.74) is 0. The lowest BCUT2D eigenvalue weighted by Crippen LogP contribution is -2.34. The maximum absolute atomic E-state index is 11.9.